The van der Waals surface area contributed by atoms with Crippen molar-refractivity contribution < 1.29 is 23.0 Å². The van der Waals surface area contributed by atoms with Gasteiger partial charge in [-0.3, -0.25) is 10.1 Å². The lowest BCUT2D eigenvalue weighted by Gasteiger charge is -2.29. The van der Waals surface area contributed by atoms with Crippen molar-refractivity contribution in [1.29, 1.82) is 0 Å². The van der Waals surface area contributed by atoms with E-state index in [2.05, 4.69) is 17.2 Å². The van der Waals surface area contributed by atoms with Crippen LogP contribution in [-0.4, -0.2) is 47.0 Å². The quantitative estimate of drug-likeness (QED) is 0.448. The standard InChI is InChI=1S/C18H23N3O4S/c1-2-3-9-21(12-19-13-26-21)18(23)20-15-10-16(22)25-17(15)24-11-14-7-5-4-6-8-14/h4-8,13,15,17H,2-3,9-12H2,1H3/p+1. The lowest BCUT2D eigenvalue weighted by Crippen LogP contribution is -2.55. The summed E-state index contributed by atoms with van der Waals surface area (Å²) in [4.78, 5) is 28.9. The zero-order valence-corrected chi connectivity index (χ0v) is 15.6. The second-order valence-electron chi connectivity index (χ2n) is 6.42. The number of cyclic esters (lactones) is 1. The molecule has 0 aliphatic carbocycles. The van der Waals surface area contributed by atoms with Crippen LogP contribution < -0.4 is 5.32 Å². The van der Waals surface area contributed by atoms with E-state index < -0.39 is 12.3 Å². The number of quaternary nitrogens is 1. The van der Waals surface area contributed by atoms with Gasteiger partial charge < -0.3 is 9.47 Å². The Bertz CT molecular complexity index is 660. The van der Waals surface area contributed by atoms with Gasteiger partial charge in [-0.05, 0) is 12.0 Å². The summed E-state index contributed by atoms with van der Waals surface area (Å²) in [7, 11) is 0. The van der Waals surface area contributed by atoms with E-state index in [1.165, 1.54) is 11.9 Å². The number of aliphatic imine (C=N–C) groups is 1. The number of ether oxygens (including phenoxy) is 2. The number of rotatable bonds is 7. The number of amides is 2. The smallest absolute Gasteiger partial charge is 0.430 e. The largest absolute Gasteiger partial charge is 0.433 e. The number of benzene rings is 1. The van der Waals surface area contributed by atoms with Gasteiger partial charge in [0.1, 0.15) is 30.1 Å². The highest BCUT2D eigenvalue weighted by Gasteiger charge is 2.45. The van der Waals surface area contributed by atoms with Crippen LogP contribution in [0.4, 0.5) is 4.79 Å². The highest BCUT2D eigenvalue weighted by Crippen LogP contribution is 2.29. The summed E-state index contributed by atoms with van der Waals surface area (Å²) in [5.41, 5.74) is 2.70. The second-order valence-corrected chi connectivity index (χ2v) is 7.54. The van der Waals surface area contributed by atoms with Gasteiger partial charge in [-0.2, -0.15) is 3.89 Å². The Labute approximate surface area is 157 Å². The lowest BCUT2D eigenvalue weighted by atomic mass is 10.2. The van der Waals surface area contributed by atoms with Gasteiger partial charge in [0, 0.05) is 0 Å². The minimum Gasteiger partial charge on any atom is -0.433 e. The summed E-state index contributed by atoms with van der Waals surface area (Å²) >= 11 is 1.40. The lowest BCUT2D eigenvalue weighted by molar-refractivity contribution is -0.706. The van der Waals surface area contributed by atoms with Crippen LogP contribution >= 0.6 is 11.9 Å². The summed E-state index contributed by atoms with van der Waals surface area (Å²) in [6.45, 7) is 3.52. The van der Waals surface area contributed by atoms with E-state index in [9.17, 15) is 9.59 Å². The SMILES string of the molecule is CCCC[N+]1(C(=O)NC2CC(=O)OC2OCc2ccccc2)CN=CS1. The maximum absolute atomic E-state index is 12.9. The van der Waals surface area contributed by atoms with Crippen molar-refractivity contribution in [2.24, 2.45) is 4.99 Å². The first-order chi connectivity index (χ1) is 12.6. The molecule has 0 spiro atoms. The van der Waals surface area contributed by atoms with Crippen LogP contribution in [0.5, 0.6) is 0 Å². The van der Waals surface area contributed by atoms with E-state index in [0.29, 0.717) is 19.8 Å². The molecule has 2 amide bonds. The van der Waals surface area contributed by atoms with Crippen LogP contribution in [0.15, 0.2) is 35.3 Å². The Kier molecular flexibility index (Phi) is 6.29. The van der Waals surface area contributed by atoms with Gasteiger partial charge in [-0.15, -0.1) is 0 Å². The van der Waals surface area contributed by atoms with Crippen molar-refractivity contribution >= 4 is 29.5 Å². The zero-order valence-electron chi connectivity index (χ0n) is 14.8. The Morgan fingerprint density at radius 2 is 2.23 bits per heavy atom. The molecule has 26 heavy (non-hydrogen) atoms. The number of unbranched alkanes of at least 4 members (excludes halogenated alkanes) is 1. The van der Waals surface area contributed by atoms with Crippen molar-refractivity contribution in [3.05, 3.63) is 35.9 Å². The highest BCUT2D eigenvalue weighted by atomic mass is 32.2. The molecule has 0 aromatic heterocycles. The van der Waals surface area contributed by atoms with E-state index >= 15 is 0 Å². The number of hydrogen-bond acceptors (Lipinski definition) is 6. The first-order valence-electron chi connectivity index (χ1n) is 8.83. The third-order valence-electron chi connectivity index (χ3n) is 4.41. The fourth-order valence-corrected chi connectivity index (χ4v) is 3.74. The number of esters is 1. The van der Waals surface area contributed by atoms with E-state index in [4.69, 9.17) is 9.47 Å². The molecule has 0 radical (unpaired) electrons. The molecule has 0 saturated carbocycles. The summed E-state index contributed by atoms with van der Waals surface area (Å²) in [6.07, 6.45) is 1.27. The highest BCUT2D eigenvalue weighted by molar-refractivity contribution is 8.07. The zero-order chi connectivity index (χ0) is 18.4. The molecular weight excluding hydrogens is 354 g/mol. The minimum atomic E-state index is -0.772. The number of nitrogens with one attached hydrogen (secondary N) is 1. The number of carbonyl (C=O) groups excluding carboxylic acids is 2. The molecule has 1 N–H and O–H groups in total. The van der Waals surface area contributed by atoms with Crippen molar-refractivity contribution in [3.63, 3.8) is 0 Å². The number of nitrogens with zero attached hydrogens (tertiary/aromatic N) is 2. The number of hydrogen-bond donors (Lipinski definition) is 1. The van der Waals surface area contributed by atoms with E-state index in [1.54, 1.807) is 5.55 Å². The molecule has 3 atom stereocenters. The summed E-state index contributed by atoms with van der Waals surface area (Å²) in [6, 6.07) is 9.00. The molecule has 3 rings (SSSR count). The fourth-order valence-electron chi connectivity index (χ4n) is 2.91. The third kappa shape index (κ3) is 4.44. The average Bonchev–Trinajstić information content (AvgIpc) is 3.26. The van der Waals surface area contributed by atoms with Crippen LogP contribution in [0.3, 0.4) is 0 Å². The molecule has 7 nitrogen and oxygen atoms in total. The van der Waals surface area contributed by atoms with Crippen LogP contribution in [0.1, 0.15) is 31.7 Å². The number of urea groups is 1. The fraction of sp³-hybridized carbons (Fsp3) is 0.500. The Morgan fingerprint density at radius 3 is 2.92 bits per heavy atom. The summed E-state index contributed by atoms with van der Waals surface area (Å²) in [5.74, 6) is -0.362. The van der Waals surface area contributed by atoms with Gasteiger partial charge in [0.2, 0.25) is 6.29 Å². The molecule has 1 fully saturated rings. The normalized spacial score (nSPS) is 27.5. The van der Waals surface area contributed by atoms with E-state index in [0.717, 1.165) is 18.4 Å². The molecule has 0 bridgehead atoms. The Balaban J connectivity index is 1.60. The first-order valence-corrected chi connectivity index (χ1v) is 9.66. The molecule has 2 heterocycles. The molecule has 1 aromatic rings. The summed E-state index contributed by atoms with van der Waals surface area (Å²) < 4.78 is 11.2. The maximum Gasteiger partial charge on any atom is 0.430 e. The van der Waals surface area contributed by atoms with Crippen LogP contribution in [-0.2, 0) is 20.9 Å². The third-order valence-corrected chi connectivity index (χ3v) is 5.52. The molecule has 1 saturated heterocycles. The predicted octanol–water partition coefficient (Wildman–Crippen LogP) is 2.82. The topological polar surface area (TPSA) is 77.0 Å². The molecule has 8 heteroatoms. The van der Waals surface area contributed by atoms with Gasteiger partial charge in [-0.25, -0.2) is 9.79 Å². The molecular formula is C18H24N3O4S+. The van der Waals surface area contributed by atoms with E-state index in [1.807, 2.05) is 30.3 Å². The van der Waals surface area contributed by atoms with E-state index in [-0.39, 0.29) is 22.3 Å². The van der Waals surface area contributed by atoms with Crippen LogP contribution in [0.2, 0.25) is 0 Å². The van der Waals surface area contributed by atoms with Gasteiger partial charge in [0.25, 0.3) is 0 Å². The molecule has 140 valence electrons. The minimum absolute atomic E-state index is 0.116. The predicted molar refractivity (Wildman–Crippen MR) is 99.0 cm³/mol. The van der Waals surface area contributed by atoms with Crippen molar-refractivity contribution in [3.8, 4) is 0 Å². The summed E-state index contributed by atoms with van der Waals surface area (Å²) in [5, 5.41) is 2.95. The monoisotopic (exact) mass is 378 g/mol. The molecule has 2 aliphatic heterocycles. The number of carbonyl (C=O) groups is 2. The Morgan fingerprint density at radius 1 is 1.42 bits per heavy atom. The maximum atomic E-state index is 12.9. The van der Waals surface area contributed by atoms with Crippen molar-refractivity contribution in [1.82, 2.24) is 5.32 Å². The molecule has 3 unspecified atom stereocenters. The molecule has 2 aliphatic rings. The van der Waals surface area contributed by atoms with Gasteiger partial charge in [0.15, 0.2) is 6.67 Å². The van der Waals surface area contributed by atoms with Crippen molar-refractivity contribution in [2.75, 3.05) is 13.2 Å². The van der Waals surface area contributed by atoms with Gasteiger partial charge >= 0.3 is 12.0 Å². The van der Waals surface area contributed by atoms with Gasteiger partial charge in [0.05, 0.1) is 13.0 Å². The van der Waals surface area contributed by atoms with Crippen LogP contribution in [0, 0.1) is 0 Å². The van der Waals surface area contributed by atoms with Gasteiger partial charge in [-0.1, -0.05) is 43.7 Å². The second kappa shape index (κ2) is 8.66. The molecule has 1 aromatic carbocycles. The average molecular weight is 378 g/mol. The first kappa shape index (κ1) is 18.9. The van der Waals surface area contributed by atoms with Crippen LogP contribution in [0.25, 0.3) is 0 Å². The van der Waals surface area contributed by atoms with Crippen molar-refractivity contribution in [2.45, 2.75) is 45.1 Å². The Hall–Kier alpha value is -1.90.